The van der Waals surface area contributed by atoms with Gasteiger partial charge >= 0.3 is 0 Å². The Labute approximate surface area is 149 Å². The molecule has 2 aliphatic heterocycles. The number of hydrogen-bond acceptors (Lipinski definition) is 5. The van der Waals surface area contributed by atoms with Gasteiger partial charge in [-0.15, -0.1) is 0 Å². The van der Waals surface area contributed by atoms with E-state index in [1.54, 1.807) is 0 Å². The van der Waals surface area contributed by atoms with Crippen molar-refractivity contribution in [2.45, 2.75) is 19.5 Å². The van der Waals surface area contributed by atoms with Crippen LogP contribution >= 0.6 is 15.9 Å². The predicted octanol–water partition coefficient (Wildman–Crippen LogP) is 3.63. The maximum Gasteiger partial charge on any atom is 0.231 e. The van der Waals surface area contributed by atoms with E-state index in [-0.39, 0.29) is 0 Å². The van der Waals surface area contributed by atoms with Gasteiger partial charge in [-0.2, -0.15) is 0 Å². The van der Waals surface area contributed by atoms with Crippen molar-refractivity contribution >= 4 is 15.9 Å². The van der Waals surface area contributed by atoms with Crippen molar-refractivity contribution in [3.63, 3.8) is 0 Å². The van der Waals surface area contributed by atoms with Crippen LogP contribution in [0.3, 0.4) is 0 Å². The van der Waals surface area contributed by atoms with Crippen LogP contribution in [0.1, 0.15) is 17.5 Å². The van der Waals surface area contributed by atoms with E-state index in [0.29, 0.717) is 26.6 Å². The zero-order valence-electron chi connectivity index (χ0n) is 13.1. The summed E-state index contributed by atoms with van der Waals surface area (Å²) in [7, 11) is 0. The Balaban J connectivity index is 1.44. The van der Waals surface area contributed by atoms with Crippen LogP contribution in [-0.2, 0) is 13.1 Å². The van der Waals surface area contributed by atoms with Gasteiger partial charge in [-0.1, -0.05) is 12.1 Å². The van der Waals surface area contributed by atoms with E-state index in [1.807, 2.05) is 24.3 Å². The molecule has 0 saturated heterocycles. The van der Waals surface area contributed by atoms with Gasteiger partial charge in [0.05, 0.1) is 17.7 Å². The minimum absolute atomic E-state index is 0.293. The largest absolute Gasteiger partial charge is 0.490 e. The van der Waals surface area contributed by atoms with Crippen molar-refractivity contribution in [3.05, 3.63) is 45.9 Å². The molecule has 0 radical (unpaired) electrons. The molecule has 0 aromatic heterocycles. The molecule has 126 valence electrons. The summed E-state index contributed by atoms with van der Waals surface area (Å²) in [6.45, 7) is 3.09. The third-order valence-electron chi connectivity index (χ3n) is 3.98. The van der Waals surface area contributed by atoms with Gasteiger partial charge in [0.15, 0.2) is 23.0 Å². The van der Waals surface area contributed by atoms with Crippen LogP contribution in [0.25, 0.3) is 0 Å². The second kappa shape index (κ2) is 6.91. The topological polar surface area (TPSA) is 49.0 Å². The molecular formula is C18H18BrNO4. The second-order valence-electron chi connectivity index (χ2n) is 5.71. The summed E-state index contributed by atoms with van der Waals surface area (Å²) in [5.41, 5.74) is 2.23. The molecule has 0 atom stereocenters. The monoisotopic (exact) mass is 391 g/mol. The highest BCUT2D eigenvalue weighted by Gasteiger charge is 2.17. The molecule has 4 rings (SSSR count). The lowest BCUT2D eigenvalue weighted by molar-refractivity contribution is 0.173. The maximum absolute atomic E-state index is 5.78. The number of hydrogen-bond donors (Lipinski definition) is 1. The lowest BCUT2D eigenvalue weighted by Crippen LogP contribution is -2.13. The van der Waals surface area contributed by atoms with E-state index in [0.717, 1.165) is 51.6 Å². The lowest BCUT2D eigenvalue weighted by atomic mass is 10.1. The van der Waals surface area contributed by atoms with E-state index in [9.17, 15) is 0 Å². The molecule has 1 N–H and O–H groups in total. The van der Waals surface area contributed by atoms with E-state index in [1.165, 1.54) is 0 Å². The smallest absolute Gasteiger partial charge is 0.231 e. The summed E-state index contributed by atoms with van der Waals surface area (Å²) < 4.78 is 23.4. The summed E-state index contributed by atoms with van der Waals surface area (Å²) in [4.78, 5) is 0. The Kier molecular flexibility index (Phi) is 4.49. The third-order valence-corrected chi connectivity index (χ3v) is 4.57. The molecule has 0 saturated carbocycles. The Morgan fingerprint density at radius 2 is 1.83 bits per heavy atom. The molecule has 2 aromatic carbocycles. The molecule has 2 aromatic rings. The first-order valence-electron chi connectivity index (χ1n) is 7.97. The second-order valence-corrected chi connectivity index (χ2v) is 6.56. The molecule has 0 fully saturated rings. The minimum atomic E-state index is 0.293. The Morgan fingerprint density at radius 3 is 2.79 bits per heavy atom. The number of rotatable bonds is 4. The molecule has 0 bridgehead atoms. The zero-order chi connectivity index (χ0) is 16.4. The average Bonchev–Trinajstić information content (AvgIpc) is 2.94. The van der Waals surface area contributed by atoms with Crippen LogP contribution in [-0.4, -0.2) is 20.0 Å². The molecule has 0 unspecified atom stereocenters. The van der Waals surface area contributed by atoms with E-state index < -0.39 is 0 Å². The fourth-order valence-corrected chi connectivity index (χ4v) is 3.46. The summed E-state index contributed by atoms with van der Waals surface area (Å²) >= 11 is 3.58. The van der Waals surface area contributed by atoms with E-state index >= 15 is 0 Å². The van der Waals surface area contributed by atoms with Crippen molar-refractivity contribution < 1.29 is 18.9 Å². The number of halogens is 1. The first-order valence-corrected chi connectivity index (χ1v) is 8.77. The summed E-state index contributed by atoms with van der Waals surface area (Å²) in [5, 5.41) is 3.44. The van der Waals surface area contributed by atoms with Gasteiger partial charge in [-0.25, -0.2) is 0 Å². The first-order chi connectivity index (χ1) is 11.8. The Morgan fingerprint density at radius 1 is 0.917 bits per heavy atom. The lowest BCUT2D eigenvalue weighted by Gasteiger charge is -2.13. The highest BCUT2D eigenvalue weighted by Crippen LogP contribution is 2.38. The van der Waals surface area contributed by atoms with Crippen molar-refractivity contribution in [2.75, 3.05) is 20.0 Å². The molecule has 0 spiro atoms. The number of para-hydroxylation sites is 1. The van der Waals surface area contributed by atoms with Crippen molar-refractivity contribution in [1.29, 1.82) is 0 Å². The van der Waals surface area contributed by atoms with Crippen LogP contribution < -0.4 is 24.3 Å². The van der Waals surface area contributed by atoms with Gasteiger partial charge in [0, 0.05) is 25.1 Å². The van der Waals surface area contributed by atoms with Crippen molar-refractivity contribution in [1.82, 2.24) is 5.32 Å². The van der Waals surface area contributed by atoms with Crippen LogP contribution in [0.15, 0.2) is 34.8 Å². The van der Waals surface area contributed by atoms with Gasteiger partial charge in [0.1, 0.15) is 0 Å². The Hall–Kier alpha value is -1.92. The Bertz CT molecular complexity index is 750. The van der Waals surface area contributed by atoms with Crippen LogP contribution in [0.5, 0.6) is 23.0 Å². The van der Waals surface area contributed by atoms with Crippen molar-refractivity contribution in [3.8, 4) is 23.0 Å². The number of nitrogens with one attached hydrogen (secondary N) is 1. The number of ether oxygens (including phenoxy) is 4. The molecule has 0 aliphatic carbocycles. The fraction of sp³-hybridized carbons (Fsp3) is 0.333. The number of fused-ring (bicyclic) bond motifs is 2. The minimum Gasteiger partial charge on any atom is -0.490 e. The van der Waals surface area contributed by atoms with Gasteiger partial charge in [-0.05, 0) is 39.7 Å². The van der Waals surface area contributed by atoms with Gasteiger partial charge in [0.25, 0.3) is 0 Å². The molecule has 5 nitrogen and oxygen atoms in total. The van der Waals surface area contributed by atoms with Crippen LogP contribution in [0.2, 0.25) is 0 Å². The highest BCUT2D eigenvalue weighted by molar-refractivity contribution is 9.10. The quantitative estimate of drug-likeness (QED) is 0.861. The molecule has 24 heavy (non-hydrogen) atoms. The molecule has 0 amide bonds. The third kappa shape index (κ3) is 3.16. The summed E-state index contributed by atoms with van der Waals surface area (Å²) in [6, 6.07) is 10.1. The maximum atomic E-state index is 5.78. The average molecular weight is 392 g/mol. The number of benzene rings is 2. The van der Waals surface area contributed by atoms with E-state index in [2.05, 4.69) is 27.3 Å². The van der Waals surface area contributed by atoms with Crippen LogP contribution in [0.4, 0.5) is 0 Å². The molecule has 6 heteroatoms. The zero-order valence-corrected chi connectivity index (χ0v) is 14.7. The normalized spacial score (nSPS) is 15.2. The van der Waals surface area contributed by atoms with Gasteiger partial charge in [-0.3, -0.25) is 0 Å². The molecule has 2 aliphatic rings. The SMILES string of the molecule is Brc1cc(CNCc2cccc3c2OCO3)cc2c1OCCCO2. The van der Waals surface area contributed by atoms with Crippen molar-refractivity contribution in [2.24, 2.45) is 0 Å². The van der Waals surface area contributed by atoms with Crippen LogP contribution in [0, 0.1) is 0 Å². The summed E-state index contributed by atoms with van der Waals surface area (Å²) in [6.07, 6.45) is 0.899. The standard InChI is InChI=1S/C18H18BrNO4/c19-14-7-12(8-16-18(14)22-6-2-5-21-16)9-20-10-13-3-1-4-15-17(13)24-11-23-15/h1,3-4,7-8,20H,2,5-6,9-11H2. The summed E-state index contributed by atoms with van der Waals surface area (Å²) in [5.74, 6) is 3.25. The predicted molar refractivity (Wildman–Crippen MR) is 92.9 cm³/mol. The van der Waals surface area contributed by atoms with Gasteiger partial charge in [0.2, 0.25) is 6.79 Å². The molecular weight excluding hydrogens is 374 g/mol. The highest BCUT2D eigenvalue weighted by atomic mass is 79.9. The fourth-order valence-electron chi connectivity index (χ4n) is 2.86. The molecule has 2 heterocycles. The first kappa shape index (κ1) is 15.6. The van der Waals surface area contributed by atoms with Gasteiger partial charge < -0.3 is 24.3 Å². The van der Waals surface area contributed by atoms with E-state index in [4.69, 9.17) is 18.9 Å².